The molecule has 2 N–H and O–H groups in total. The summed E-state index contributed by atoms with van der Waals surface area (Å²) in [4.78, 5) is 21.2. The monoisotopic (exact) mass is 303 g/mol. The highest BCUT2D eigenvalue weighted by molar-refractivity contribution is 5.82. The Morgan fingerprint density at radius 1 is 1.32 bits per heavy atom. The van der Waals surface area contributed by atoms with Crippen molar-refractivity contribution >= 4 is 5.91 Å². The van der Waals surface area contributed by atoms with Gasteiger partial charge in [0.1, 0.15) is 6.04 Å². The Labute approximate surface area is 131 Å². The molecule has 0 bridgehead atoms. The molecule has 6 nitrogen and oxygen atoms in total. The summed E-state index contributed by atoms with van der Waals surface area (Å²) in [6, 6.07) is 3.99. The van der Waals surface area contributed by atoms with E-state index in [1.807, 2.05) is 23.2 Å². The van der Waals surface area contributed by atoms with Gasteiger partial charge in [0.2, 0.25) is 5.91 Å². The first-order chi connectivity index (χ1) is 10.8. The standard InChI is InChI=1S/C16H25N5O/c1-2-6-20-7-9-21(10-8-20)16(22)15-11-14(18-19-15)13-4-3-5-17-12-13/h3-5,12,14-15,18-19H,2,6-11H2,1H3. The van der Waals surface area contributed by atoms with Gasteiger partial charge in [-0.1, -0.05) is 13.0 Å². The summed E-state index contributed by atoms with van der Waals surface area (Å²) in [6.07, 6.45) is 5.58. The Bertz CT molecular complexity index is 487. The third kappa shape index (κ3) is 3.45. The first-order valence-electron chi connectivity index (χ1n) is 8.20. The highest BCUT2D eigenvalue weighted by Crippen LogP contribution is 2.22. The summed E-state index contributed by atoms with van der Waals surface area (Å²) < 4.78 is 0. The maximum atomic E-state index is 12.6. The van der Waals surface area contributed by atoms with Crippen LogP contribution >= 0.6 is 0 Å². The van der Waals surface area contributed by atoms with Gasteiger partial charge in [-0.3, -0.25) is 14.7 Å². The summed E-state index contributed by atoms with van der Waals surface area (Å²) in [6.45, 7) is 7.00. The van der Waals surface area contributed by atoms with Crippen LogP contribution in [0.3, 0.4) is 0 Å². The minimum absolute atomic E-state index is 0.136. The molecule has 1 aromatic heterocycles. The molecule has 0 spiro atoms. The largest absolute Gasteiger partial charge is 0.339 e. The lowest BCUT2D eigenvalue weighted by molar-refractivity contribution is -0.134. The molecule has 2 atom stereocenters. The molecule has 0 saturated carbocycles. The SMILES string of the molecule is CCCN1CCN(C(=O)C2CC(c3cccnc3)NN2)CC1. The predicted molar refractivity (Wildman–Crippen MR) is 85.0 cm³/mol. The first-order valence-corrected chi connectivity index (χ1v) is 8.20. The van der Waals surface area contributed by atoms with Crippen molar-refractivity contribution < 1.29 is 4.79 Å². The topological polar surface area (TPSA) is 60.5 Å². The molecule has 120 valence electrons. The summed E-state index contributed by atoms with van der Waals surface area (Å²) in [7, 11) is 0. The van der Waals surface area contributed by atoms with Gasteiger partial charge in [-0.2, -0.15) is 0 Å². The van der Waals surface area contributed by atoms with Gasteiger partial charge in [-0.15, -0.1) is 0 Å². The number of rotatable bonds is 4. The smallest absolute Gasteiger partial charge is 0.241 e. The third-order valence-electron chi connectivity index (χ3n) is 4.51. The zero-order valence-electron chi connectivity index (χ0n) is 13.2. The molecule has 1 amide bonds. The van der Waals surface area contributed by atoms with E-state index in [9.17, 15) is 4.79 Å². The molecule has 2 aliphatic rings. The van der Waals surface area contributed by atoms with E-state index in [1.165, 1.54) is 6.42 Å². The number of carbonyl (C=O) groups is 1. The molecule has 3 rings (SSSR count). The van der Waals surface area contributed by atoms with E-state index in [0.717, 1.165) is 44.7 Å². The number of nitrogens with one attached hydrogen (secondary N) is 2. The number of hydrogen-bond donors (Lipinski definition) is 2. The maximum absolute atomic E-state index is 12.6. The fourth-order valence-electron chi connectivity index (χ4n) is 3.25. The molecule has 6 heteroatoms. The van der Waals surface area contributed by atoms with E-state index in [2.05, 4.69) is 27.7 Å². The average molecular weight is 303 g/mol. The molecule has 22 heavy (non-hydrogen) atoms. The molecule has 2 unspecified atom stereocenters. The van der Waals surface area contributed by atoms with Crippen LogP contribution in [-0.2, 0) is 4.79 Å². The number of aromatic nitrogens is 1. The maximum Gasteiger partial charge on any atom is 0.241 e. The Hall–Kier alpha value is -1.50. The van der Waals surface area contributed by atoms with Gasteiger partial charge in [0.05, 0.1) is 0 Å². The Balaban J connectivity index is 1.52. The molecule has 0 radical (unpaired) electrons. The highest BCUT2D eigenvalue weighted by Gasteiger charge is 2.33. The number of pyridine rings is 1. The van der Waals surface area contributed by atoms with Gasteiger partial charge in [0.15, 0.2) is 0 Å². The molecule has 2 fully saturated rings. The zero-order chi connectivity index (χ0) is 15.4. The van der Waals surface area contributed by atoms with Crippen LogP contribution in [0.2, 0.25) is 0 Å². The number of hydrazine groups is 1. The van der Waals surface area contributed by atoms with E-state index in [-0.39, 0.29) is 18.0 Å². The van der Waals surface area contributed by atoms with E-state index >= 15 is 0 Å². The number of hydrogen-bond acceptors (Lipinski definition) is 5. The molecular formula is C16H25N5O. The van der Waals surface area contributed by atoms with Crippen LogP contribution in [0.25, 0.3) is 0 Å². The van der Waals surface area contributed by atoms with Crippen molar-refractivity contribution in [3.8, 4) is 0 Å². The number of carbonyl (C=O) groups excluding carboxylic acids is 1. The van der Waals surface area contributed by atoms with Crippen LogP contribution in [-0.4, -0.2) is 59.5 Å². The lowest BCUT2D eigenvalue weighted by Crippen LogP contribution is -2.53. The highest BCUT2D eigenvalue weighted by atomic mass is 16.2. The summed E-state index contributed by atoms with van der Waals surface area (Å²) in [5.41, 5.74) is 7.50. The zero-order valence-corrected chi connectivity index (χ0v) is 13.2. The predicted octanol–water partition coefficient (Wildman–Crippen LogP) is 0.543. The molecule has 0 aliphatic carbocycles. The molecule has 1 aromatic rings. The Morgan fingerprint density at radius 2 is 2.14 bits per heavy atom. The van der Waals surface area contributed by atoms with Crippen LogP contribution in [0.15, 0.2) is 24.5 Å². The van der Waals surface area contributed by atoms with E-state index in [1.54, 1.807) is 6.20 Å². The van der Waals surface area contributed by atoms with Crippen molar-refractivity contribution in [2.45, 2.75) is 31.8 Å². The van der Waals surface area contributed by atoms with Crippen molar-refractivity contribution in [2.75, 3.05) is 32.7 Å². The quantitative estimate of drug-likeness (QED) is 0.850. The van der Waals surface area contributed by atoms with Gasteiger partial charge in [0.25, 0.3) is 0 Å². The third-order valence-corrected chi connectivity index (χ3v) is 4.51. The van der Waals surface area contributed by atoms with Gasteiger partial charge in [0, 0.05) is 44.6 Å². The van der Waals surface area contributed by atoms with E-state index in [0.29, 0.717) is 0 Å². The number of nitrogens with zero attached hydrogens (tertiary/aromatic N) is 3. The normalized spacial score (nSPS) is 26.3. The van der Waals surface area contributed by atoms with Gasteiger partial charge in [-0.05, 0) is 31.0 Å². The van der Waals surface area contributed by atoms with Gasteiger partial charge >= 0.3 is 0 Å². The van der Waals surface area contributed by atoms with Crippen LogP contribution in [0.1, 0.15) is 31.4 Å². The minimum atomic E-state index is -0.136. The average Bonchev–Trinajstić information content (AvgIpc) is 3.06. The van der Waals surface area contributed by atoms with Crippen LogP contribution in [0.4, 0.5) is 0 Å². The van der Waals surface area contributed by atoms with Crippen LogP contribution in [0, 0.1) is 0 Å². The lowest BCUT2D eigenvalue weighted by atomic mass is 10.0. The van der Waals surface area contributed by atoms with Crippen molar-refractivity contribution in [2.24, 2.45) is 0 Å². The van der Waals surface area contributed by atoms with E-state index < -0.39 is 0 Å². The minimum Gasteiger partial charge on any atom is -0.339 e. The van der Waals surface area contributed by atoms with Crippen molar-refractivity contribution in [1.29, 1.82) is 0 Å². The second kappa shape index (κ2) is 7.17. The molecular weight excluding hydrogens is 278 g/mol. The fourth-order valence-corrected chi connectivity index (χ4v) is 3.25. The summed E-state index contributed by atoms with van der Waals surface area (Å²) in [5, 5.41) is 0. The van der Waals surface area contributed by atoms with Crippen molar-refractivity contribution in [3.63, 3.8) is 0 Å². The first kappa shape index (κ1) is 15.4. The second-order valence-electron chi connectivity index (χ2n) is 6.08. The van der Waals surface area contributed by atoms with Gasteiger partial charge < -0.3 is 4.90 Å². The van der Waals surface area contributed by atoms with E-state index in [4.69, 9.17) is 0 Å². The summed E-state index contributed by atoms with van der Waals surface area (Å²) >= 11 is 0. The van der Waals surface area contributed by atoms with Crippen molar-refractivity contribution in [1.82, 2.24) is 25.6 Å². The number of amides is 1. The summed E-state index contributed by atoms with van der Waals surface area (Å²) in [5.74, 6) is 0.218. The van der Waals surface area contributed by atoms with Crippen molar-refractivity contribution in [3.05, 3.63) is 30.1 Å². The van der Waals surface area contributed by atoms with Crippen LogP contribution in [0.5, 0.6) is 0 Å². The second-order valence-corrected chi connectivity index (χ2v) is 6.08. The lowest BCUT2D eigenvalue weighted by Gasteiger charge is -2.35. The number of piperazine rings is 1. The molecule has 0 aromatic carbocycles. The fraction of sp³-hybridized carbons (Fsp3) is 0.625. The van der Waals surface area contributed by atoms with Crippen LogP contribution < -0.4 is 10.9 Å². The Morgan fingerprint density at radius 3 is 2.82 bits per heavy atom. The molecule has 2 aliphatic heterocycles. The van der Waals surface area contributed by atoms with Gasteiger partial charge in [-0.25, -0.2) is 10.9 Å². The molecule has 3 heterocycles. The molecule has 2 saturated heterocycles. The Kier molecular flexibility index (Phi) is 5.02.